The van der Waals surface area contributed by atoms with E-state index in [1.165, 1.54) is 0 Å². The highest BCUT2D eigenvalue weighted by atomic mass is 35.5. The Bertz CT molecular complexity index is 656. The van der Waals surface area contributed by atoms with Crippen molar-refractivity contribution >= 4 is 35.2 Å². The maximum Gasteiger partial charge on any atom is 0.320 e. The lowest BCUT2D eigenvalue weighted by atomic mass is 10.0. The fourth-order valence-electron chi connectivity index (χ4n) is 2.18. The van der Waals surface area contributed by atoms with Crippen molar-refractivity contribution in [3.05, 3.63) is 42.1 Å². The fraction of sp³-hybridized carbons (Fsp3) is 0.353. The molecule has 124 valence electrons. The van der Waals surface area contributed by atoms with E-state index in [2.05, 4.69) is 4.98 Å². The molecule has 2 rings (SSSR count). The Balaban J connectivity index is 0.00000264. The monoisotopic (exact) mass is 337 g/mol. The number of esters is 2. The first-order valence-corrected chi connectivity index (χ1v) is 7.33. The molecule has 0 amide bonds. The highest BCUT2D eigenvalue weighted by molar-refractivity contribution is 5.95. The number of carbonyl (C=O) groups excluding carboxylic acids is 2. The standard InChI is InChI=1S/C17H19NO4.ClH/c1-3-21-16(19)14(17(20)22-4-2)11-13-10-9-12-7-5-6-8-15(12)18-13;/h5-10,14H,3-4,11H2,1-2H3;1H. The summed E-state index contributed by atoms with van der Waals surface area (Å²) in [6, 6.07) is 11.4. The molecule has 23 heavy (non-hydrogen) atoms. The molecule has 0 radical (unpaired) electrons. The number of benzene rings is 1. The summed E-state index contributed by atoms with van der Waals surface area (Å²) in [6.07, 6.45) is 0.169. The minimum atomic E-state index is -0.978. The van der Waals surface area contributed by atoms with Gasteiger partial charge in [-0.15, -0.1) is 12.4 Å². The van der Waals surface area contributed by atoms with Gasteiger partial charge in [0.2, 0.25) is 0 Å². The molecule has 0 aliphatic heterocycles. The van der Waals surface area contributed by atoms with E-state index in [-0.39, 0.29) is 32.0 Å². The van der Waals surface area contributed by atoms with E-state index in [4.69, 9.17) is 9.47 Å². The van der Waals surface area contributed by atoms with Gasteiger partial charge in [0.15, 0.2) is 5.92 Å². The van der Waals surface area contributed by atoms with Crippen LogP contribution in [0.2, 0.25) is 0 Å². The molecule has 0 aliphatic rings. The van der Waals surface area contributed by atoms with Crippen molar-refractivity contribution in [2.24, 2.45) is 5.92 Å². The fourth-order valence-corrected chi connectivity index (χ4v) is 2.18. The van der Waals surface area contributed by atoms with Crippen molar-refractivity contribution in [2.45, 2.75) is 20.3 Å². The molecule has 6 heteroatoms. The van der Waals surface area contributed by atoms with Gasteiger partial charge in [0, 0.05) is 17.5 Å². The number of ether oxygens (including phenoxy) is 2. The molecule has 5 nitrogen and oxygen atoms in total. The number of para-hydroxylation sites is 1. The van der Waals surface area contributed by atoms with Crippen molar-refractivity contribution < 1.29 is 19.1 Å². The second-order valence-corrected chi connectivity index (χ2v) is 4.76. The van der Waals surface area contributed by atoms with Crippen LogP contribution in [-0.2, 0) is 25.5 Å². The van der Waals surface area contributed by atoms with E-state index in [0.29, 0.717) is 5.69 Å². The molecule has 0 saturated heterocycles. The second-order valence-electron chi connectivity index (χ2n) is 4.76. The molecule has 0 fully saturated rings. The molecule has 1 heterocycles. The molecule has 0 unspecified atom stereocenters. The molecule has 0 saturated carbocycles. The molecule has 0 spiro atoms. The minimum Gasteiger partial charge on any atom is -0.465 e. The summed E-state index contributed by atoms with van der Waals surface area (Å²) in [6.45, 7) is 3.85. The Morgan fingerprint density at radius 3 is 2.22 bits per heavy atom. The van der Waals surface area contributed by atoms with E-state index in [9.17, 15) is 9.59 Å². The van der Waals surface area contributed by atoms with Crippen molar-refractivity contribution in [3.8, 4) is 0 Å². The van der Waals surface area contributed by atoms with E-state index in [1.54, 1.807) is 13.8 Å². The lowest BCUT2D eigenvalue weighted by molar-refractivity contribution is -0.161. The summed E-state index contributed by atoms with van der Waals surface area (Å²) in [4.78, 5) is 28.4. The van der Waals surface area contributed by atoms with Gasteiger partial charge in [0.05, 0.1) is 18.7 Å². The number of carbonyl (C=O) groups is 2. The third-order valence-corrected chi connectivity index (χ3v) is 3.21. The summed E-state index contributed by atoms with van der Waals surface area (Å²) in [7, 11) is 0. The Morgan fingerprint density at radius 1 is 1.00 bits per heavy atom. The number of aromatic nitrogens is 1. The number of rotatable bonds is 6. The third kappa shape index (κ3) is 4.93. The van der Waals surface area contributed by atoms with Gasteiger partial charge in [-0.1, -0.05) is 24.3 Å². The number of pyridine rings is 1. The Hall–Kier alpha value is -2.14. The average Bonchev–Trinajstić information content (AvgIpc) is 2.52. The van der Waals surface area contributed by atoms with Crippen LogP contribution in [0.1, 0.15) is 19.5 Å². The van der Waals surface area contributed by atoms with E-state index in [1.807, 2.05) is 36.4 Å². The molecule has 0 aliphatic carbocycles. The first-order valence-electron chi connectivity index (χ1n) is 7.33. The zero-order valence-corrected chi connectivity index (χ0v) is 14.0. The maximum absolute atomic E-state index is 12.0. The van der Waals surface area contributed by atoms with Crippen molar-refractivity contribution in [3.63, 3.8) is 0 Å². The van der Waals surface area contributed by atoms with Crippen LogP contribution in [-0.4, -0.2) is 30.1 Å². The normalized spacial score (nSPS) is 10.2. The van der Waals surface area contributed by atoms with Gasteiger partial charge in [0.1, 0.15) is 0 Å². The molecular weight excluding hydrogens is 318 g/mol. The van der Waals surface area contributed by atoms with Crippen LogP contribution in [0.15, 0.2) is 36.4 Å². The van der Waals surface area contributed by atoms with Crippen LogP contribution in [0.3, 0.4) is 0 Å². The van der Waals surface area contributed by atoms with Gasteiger partial charge in [-0.05, 0) is 26.0 Å². The predicted octanol–water partition coefficient (Wildman–Crippen LogP) is 2.94. The van der Waals surface area contributed by atoms with Crippen molar-refractivity contribution in [2.75, 3.05) is 13.2 Å². The summed E-state index contributed by atoms with van der Waals surface area (Å²) in [5, 5.41) is 1.01. The van der Waals surface area contributed by atoms with Crippen molar-refractivity contribution in [1.29, 1.82) is 0 Å². The predicted molar refractivity (Wildman–Crippen MR) is 89.5 cm³/mol. The lowest BCUT2D eigenvalue weighted by Crippen LogP contribution is -2.30. The molecule has 1 aromatic carbocycles. The van der Waals surface area contributed by atoms with Crippen LogP contribution in [0, 0.1) is 5.92 Å². The van der Waals surface area contributed by atoms with Gasteiger partial charge >= 0.3 is 11.9 Å². The van der Waals surface area contributed by atoms with Gasteiger partial charge in [-0.3, -0.25) is 14.6 Å². The first-order chi connectivity index (χ1) is 10.7. The van der Waals surface area contributed by atoms with Gasteiger partial charge in [-0.2, -0.15) is 0 Å². The zero-order valence-electron chi connectivity index (χ0n) is 13.2. The summed E-state index contributed by atoms with van der Waals surface area (Å²) < 4.78 is 9.93. The number of nitrogens with zero attached hydrogens (tertiary/aromatic N) is 1. The molecule has 1 aromatic heterocycles. The summed E-state index contributed by atoms with van der Waals surface area (Å²) in [5.74, 6) is -2.12. The molecule has 2 aromatic rings. The third-order valence-electron chi connectivity index (χ3n) is 3.21. The maximum atomic E-state index is 12.0. The lowest BCUT2D eigenvalue weighted by Gasteiger charge is -2.14. The molecule has 0 bridgehead atoms. The number of halogens is 1. The quantitative estimate of drug-likeness (QED) is 0.599. The van der Waals surface area contributed by atoms with Crippen LogP contribution in [0.5, 0.6) is 0 Å². The average molecular weight is 338 g/mol. The van der Waals surface area contributed by atoms with E-state index >= 15 is 0 Å². The Labute approximate surface area is 141 Å². The largest absolute Gasteiger partial charge is 0.465 e. The highest BCUT2D eigenvalue weighted by Gasteiger charge is 2.30. The molecule has 0 N–H and O–H groups in total. The molecular formula is C17H20ClNO4. The van der Waals surface area contributed by atoms with Crippen molar-refractivity contribution in [1.82, 2.24) is 4.98 Å². The Morgan fingerprint density at radius 2 is 1.61 bits per heavy atom. The van der Waals surface area contributed by atoms with Gasteiger partial charge in [-0.25, -0.2) is 0 Å². The SMILES string of the molecule is CCOC(=O)C(Cc1ccc2ccccc2n1)C(=O)OCC.Cl. The van der Waals surface area contributed by atoms with Gasteiger partial charge < -0.3 is 9.47 Å². The highest BCUT2D eigenvalue weighted by Crippen LogP contribution is 2.16. The molecule has 0 atom stereocenters. The minimum absolute atomic E-state index is 0. The summed E-state index contributed by atoms with van der Waals surface area (Å²) >= 11 is 0. The zero-order chi connectivity index (χ0) is 15.9. The van der Waals surface area contributed by atoms with E-state index in [0.717, 1.165) is 10.9 Å². The summed E-state index contributed by atoms with van der Waals surface area (Å²) in [5.41, 5.74) is 1.48. The number of hydrogen-bond donors (Lipinski definition) is 0. The van der Waals surface area contributed by atoms with Crippen LogP contribution >= 0.6 is 12.4 Å². The first kappa shape index (κ1) is 18.9. The van der Waals surface area contributed by atoms with Crippen LogP contribution in [0.4, 0.5) is 0 Å². The Kier molecular flexibility index (Phi) is 7.48. The number of hydrogen-bond acceptors (Lipinski definition) is 5. The van der Waals surface area contributed by atoms with E-state index < -0.39 is 17.9 Å². The second kappa shape index (κ2) is 9.10. The topological polar surface area (TPSA) is 65.5 Å². The smallest absolute Gasteiger partial charge is 0.320 e. The van der Waals surface area contributed by atoms with Crippen LogP contribution in [0.25, 0.3) is 10.9 Å². The van der Waals surface area contributed by atoms with Crippen LogP contribution < -0.4 is 0 Å². The number of fused-ring (bicyclic) bond motifs is 1. The van der Waals surface area contributed by atoms with Gasteiger partial charge in [0.25, 0.3) is 0 Å².